The van der Waals surface area contributed by atoms with Gasteiger partial charge in [-0.15, -0.1) is 0 Å². The number of hydrogen-bond donors (Lipinski definition) is 2. The number of benzene rings is 1. The molecule has 1 heterocycles. The number of rotatable bonds is 5. The molecule has 0 saturated heterocycles. The highest BCUT2D eigenvalue weighted by Gasteiger charge is 2.11. The summed E-state index contributed by atoms with van der Waals surface area (Å²) in [5, 5.41) is 7.14. The van der Waals surface area contributed by atoms with Crippen molar-refractivity contribution in [2.75, 3.05) is 11.1 Å². The van der Waals surface area contributed by atoms with Crippen molar-refractivity contribution in [2.24, 2.45) is 0 Å². The van der Waals surface area contributed by atoms with Crippen molar-refractivity contribution >= 4 is 17.3 Å². The first-order chi connectivity index (χ1) is 10.0. The van der Waals surface area contributed by atoms with Gasteiger partial charge in [0.15, 0.2) is 0 Å². The van der Waals surface area contributed by atoms with E-state index in [4.69, 9.17) is 5.73 Å². The molecular formula is C16H22N4O. The third kappa shape index (κ3) is 3.62. The van der Waals surface area contributed by atoms with Crippen molar-refractivity contribution < 1.29 is 4.79 Å². The van der Waals surface area contributed by atoms with Crippen molar-refractivity contribution in [1.82, 2.24) is 9.78 Å². The molecule has 0 radical (unpaired) electrons. The molecule has 0 spiro atoms. The number of carbonyl (C=O) groups excluding carboxylic acids is 1. The van der Waals surface area contributed by atoms with Crippen LogP contribution in [0.15, 0.2) is 24.3 Å². The van der Waals surface area contributed by atoms with Gasteiger partial charge in [0.1, 0.15) is 6.54 Å². The van der Waals surface area contributed by atoms with Gasteiger partial charge in [0, 0.05) is 5.69 Å². The fraction of sp³-hybridized carbons (Fsp3) is 0.375. The van der Waals surface area contributed by atoms with Gasteiger partial charge in [-0.05, 0) is 38.0 Å². The van der Waals surface area contributed by atoms with Crippen LogP contribution in [0.4, 0.5) is 11.4 Å². The standard InChI is InChI=1S/C16H22N4O/c1-4-5-13-6-8-14(9-7-13)18-15(21)10-20-12(3)16(17)11(2)19-20/h6-9H,4-5,10,17H2,1-3H3,(H,18,21). The van der Waals surface area contributed by atoms with Crippen LogP contribution in [0.5, 0.6) is 0 Å². The van der Waals surface area contributed by atoms with E-state index < -0.39 is 0 Å². The largest absolute Gasteiger partial charge is 0.396 e. The van der Waals surface area contributed by atoms with E-state index in [-0.39, 0.29) is 12.5 Å². The number of aromatic nitrogens is 2. The van der Waals surface area contributed by atoms with E-state index >= 15 is 0 Å². The second kappa shape index (κ2) is 6.43. The highest BCUT2D eigenvalue weighted by atomic mass is 16.2. The molecule has 0 unspecified atom stereocenters. The minimum absolute atomic E-state index is 0.108. The van der Waals surface area contributed by atoms with Gasteiger partial charge in [-0.1, -0.05) is 25.5 Å². The van der Waals surface area contributed by atoms with Crippen LogP contribution >= 0.6 is 0 Å². The fourth-order valence-electron chi connectivity index (χ4n) is 2.24. The second-order valence-corrected chi connectivity index (χ2v) is 5.24. The molecule has 0 atom stereocenters. The number of nitrogens with zero attached hydrogens (tertiary/aromatic N) is 2. The normalized spacial score (nSPS) is 10.6. The first-order valence-corrected chi connectivity index (χ1v) is 7.19. The van der Waals surface area contributed by atoms with Crippen LogP contribution in [0.3, 0.4) is 0 Å². The van der Waals surface area contributed by atoms with Crippen LogP contribution in [0, 0.1) is 13.8 Å². The van der Waals surface area contributed by atoms with Gasteiger partial charge in [-0.3, -0.25) is 9.48 Å². The lowest BCUT2D eigenvalue weighted by Crippen LogP contribution is -2.20. The van der Waals surface area contributed by atoms with E-state index in [9.17, 15) is 4.79 Å². The Morgan fingerprint density at radius 1 is 1.29 bits per heavy atom. The average Bonchev–Trinajstić information content (AvgIpc) is 2.69. The molecule has 5 heteroatoms. The zero-order valence-corrected chi connectivity index (χ0v) is 12.8. The molecule has 0 aliphatic carbocycles. The van der Waals surface area contributed by atoms with Crippen molar-refractivity contribution in [3.63, 3.8) is 0 Å². The Morgan fingerprint density at radius 2 is 1.95 bits per heavy atom. The highest BCUT2D eigenvalue weighted by Crippen LogP contribution is 2.15. The molecule has 2 rings (SSSR count). The highest BCUT2D eigenvalue weighted by molar-refractivity contribution is 5.90. The lowest BCUT2D eigenvalue weighted by Gasteiger charge is -2.07. The van der Waals surface area contributed by atoms with Gasteiger partial charge >= 0.3 is 0 Å². The molecule has 0 fully saturated rings. The lowest BCUT2D eigenvalue weighted by atomic mass is 10.1. The SMILES string of the molecule is CCCc1ccc(NC(=O)Cn2nc(C)c(N)c2C)cc1. The molecule has 112 valence electrons. The number of anilines is 2. The summed E-state index contributed by atoms with van der Waals surface area (Å²) in [6.07, 6.45) is 2.17. The fourth-order valence-corrected chi connectivity index (χ4v) is 2.24. The molecule has 1 aromatic heterocycles. The maximum Gasteiger partial charge on any atom is 0.246 e. The number of hydrogen-bond acceptors (Lipinski definition) is 3. The molecular weight excluding hydrogens is 264 g/mol. The van der Waals surface area contributed by atoms with E-state index in [0.717, 1.165) is 29.9 Å². The van der Waals surface area contributed by atoms with Gasteiger partial charge in [0.05, 0.1) is 17.1 Å². The number of nitrogen functional groups attached to an aromatic ring is 1. The minimum Gasteiger partial charge on any atom is -0.396 e. The number of aryl methyl sites for hydroxylation is 2. The maximum absolute atomic E-state index is 12.1. The predicted molar refractivity (Wildman–Crippen MR) is 85.2 cm³/mol. The predicted octanol–water partition coefficient (Wildman–Crippen LogP) is 2.67. The monoisotopic (exact) mass is 286 g/mol. The second-order valence-electron chi connectivity index (χ2n) is 5.24. The summed E-state index contributed by atoms with van der Waals surface area (Å²) in [5.74, 6) is -0.108. The Balaban J connectivity index is 1.99. The molecule has 0 saturated carbocycles. The van der Waals surface area contributed by atoms with E-state index in [1.54, 1.807) is 4.68 Å². The molecule has 2 aromatic rings. The molecule has 0 aliphatic rings. The summed E-state index contributed by atoms with van der Waals surface area (Å²) >= 11 is 0. The lowest BCUT2D eigenvalue weighted by molar-refractivity contribution is -0.116. The number of carbonyl (C=O) groups is 1. The zero-order chi connectivity index (χ0) is 15.4. The average molecular weight is 286 g/mol. The third-order valence-corrected chi connectivity index (χ3v) is 3.51. The van der Waals surface area contributed by atoms with Crippen LogP contribution in [-0.4, -0.2) is 15.7 Å². The summed E-state index contributed by atoms with van der Waals surface area (Å²) in [7, 11) is 0. The summed E-state index contributed by atoms with van der Waals surface area (Å²) in [4.78, 5) is 12.1. The summed E-state index contributed by atoms with van der Waals surface area (Å²) in [6.45, 7) is 6.02. The van der Waals surface area contributed by atoms with E-state index in [0.29, 0.717) is 5.69 Å². The topological polar surface area (TPSA) is 72.9 Å². The molecule has 1 aromatic carbocycles. The van der Waals surface area contributed by atoms with Crippen LogP contribution in [0.25, 0.3) is 0 Å². The first-order valence-electron chi connectivity index (χ1n) is 7.19. The Kier molecular flexibility index (Phi) is 4.62. The van der Waals surface area contributed by atoms with Gasteiger partial charge in [-0.25, -0.2) is 0 Å². The molecule has 5 nitrogen and oxygen atoms in total. The van der Waals surface area contributed by atoms with Crippen LogP contribution in [-0.2, 0) is 17.8 Å². The third-order valence-electron chi connectivity index (χ3n) is 3.51. The first kappa shape index (κ1) is 15.1. The van der Waals surface area contributed by atoms with Gasteiger partial charge < -0.3 is 11.1 Å². The van der Waals surface area contributed by atoms with E-state index in [2.05, 4.69) is 17.3 Å². The minimum atomic E-state index is -0.108. The Hall–Kier alpha value is -2.30. The summed E-state index contributed by atoms with van der Waals surface area (Å²) in [6, 6.07) is 7.94. The van der Waals surface area contributed by atoms with Crippen molar-refractivity contribution in [2.45, 2.75) is 40.2 Å². The summed E-state index contributed by atoms with van der Waals surface area (Å²) in [5.41, 5.74) is 10.2. The quantitative estimate of drug-likeness (QED) is 0.887. The van der Waals surface area contributed by atoms with E-state index in [1.165, 1.54) is 5.56 Å². The number of nitrogens with two attached hydrogens (primary N) is 1. The van der Waals surface area contributed by atoms with Crippen LogP contribution in [0.2, 0.25) is 0 Å². The van der Waals surface area contributed by atoms with Gasteiger partial charge in [0.25, 0.3) is 0 Å². The Morgan fingerprint density at radius 3 is 2.48 bits per heavy atom. The van der Waals surface area contributed by atoms with Crippen molar-refractivity contribution in [3.8, 4) is 0 Å². The van der Waals surface area contributed by atoms with Gasteiger partial charge in [-0.2, -0.15) is 5.10 Å². The molecule has 21 heavy (non-hydrogen) atoms. The zero-order valence-electron chi connectivity index (χ0n) is 12.8. The van der Waals surface area contributed by atoms with Crippen LogP contribution in [0.1, 0.15) is 30.3 Å². The number of nitrogens with one attached hydrogen (secondary N) is 1. The Labute approximate surface area is 125 Å². The maximum atomic E-state index is 12.1. The van der Waals surface area contributed by atoms with Gasteiger partial charge in [0.2, 0.25) is 5.91 Å². The van der Waals surface area contributed by atoms with E-state index in [1.807, 2.05) is 38.1 Å². The smallest absolute Gasteiger partial charge is 0.246 e. The molecule has 3 N–H and O–H groups in total. The van der Waals surface area contributed by atoms with Crippen molar-refractivity contribution in [3.05, 3.63) is 41.2 Å². The Bertz CT molecular complexity index is 628. The van der Waals surface area contributed by atoms with Crippen LogP contribution < -0.4 is 11.1 Å². The summed E-state index contributed by atoms with van der Waals surface area (Å²) < 4.78 is 1.63. The number of amides is 1. The van der Waals surface area contributed by atoms with Crippen molar-refractivity contribution in [1.29, 1.82) is 0 Å². The molecule has 0 aliphatic heterocycles. The molecule has 0 bridgehead atoms. The molecule has 1 amide bonds.